The second kappa shape index (κ2) is 33.2. The summed E-state index contributed by atoms with van der Waals surface area (Å²) in [5.74, 6) is -4.20. The SMILES string of the molecule is C=C1OCc2c(cc3n(c2=O)Cc2c-3nc3ccc(O)cc3c2CC)[C@]1(CC)OC(=O)N(C)CCN(C)C(=O)OCc1ccc(NC(=O)[C@H](C)NC(=O)[C@@H](NC(=O)CCOCCOCCNC(=O)[C@H](CS(=O)(=O)O)NC(=O)CCn2c(CN(C)CC)cc3cccnc32)C(C)C)cc1. The number of rotatable bonds is 33. The number of aromatic nitrogens is 4. The lowest BCUT2D eigenvalue weighted by Gasteiger charge is -2.40. The van der Waals surface area contributed by atoms with Gasteiger partial charge in [-0.15, -0.1) is 0 Å². The van der Waals surface area contributed by atoms with Crippen LogP contribution in [-0.2, 0) is 103 Å². The van der Waals surface area contributed by atoms with Gasteiger partial charge in [0.2, 0.25) is 29.5 Å². The van der Waals surface area contributed by atoms with Gasteiger partial charge >= 0.3 is 12.2 Å². The first kappa shape index (κ1) is 74.3. The Bertz CT molecular complexity index is 4120. The number of phenolic OH excluding ortho intramolecular Hbond substituents is 1. The minimum atomic E-state index is -4.67. The Hall–Kier alpha value is -9.49. The largest absolute Gasteiger partial charge is 0.508 e. The predicted octanol–water partition coefficient (Wildman–Crippen LogP) is 5.07. The van der Waals surface area contributed by atoms with Gasteiger partial charge in [-0.1, -0.05) is 53.3 Å². The molecular formula is C68H88N12O17S. The molecule has 0 fully saturated rings. The number of amides is 7. The number of phenols is 1. The van der Waals surface area contributed by atoms with Crippen LogP contribution in [0.1, 0.15) is 94.3 Å². The first-order chi connectivity index (χ1) is 46.6. The third-order valence-electron chi connectivity index (χ3n) is 17.2. The van der Waals surface area contributed by atoms with Gasteiger partial charge in [0.25, 0.3) is 15.7 Å². The molecule has 7 N–H and O–H groups in total. The van der Waals surface area contributed by atoms with Crippen LogP contribution in [0.5, 0.6) is 5.75 Å². The number of aromatic hydroxyl groups is 1. The molecule has 2 aromatic carbocycles. The van der Waals surface area contributed by atoms with Crippen molar-refractivity contribution in [3.63, 3.8) is 0 Å². The number of likely N-dealkylation sites (N-methyl/N-ethyl adjacent to an activating group) is 2. The van der Waals surface area contributed by atoms with Gasteiger partial charge in [0.05, 0.1) is 55.4 Å². The fourth-order valence-electron chi connectivity index (χ4n) is 11.5. The average molecular weight is 1380 g/mol. The molecule has 0 bridgehead atoms. The summed E-state index contributed by atoms with van der Waals surface area (Å²) in [7, 11) is 0.326. The molecule has 2 aliphatic heterocycles. The number of carbonyl (C=O) groups is 7. The van der Waals surface area contributed by atoms with E-state index in [-0.39, 0.29) is 115 Å². The van der Waals surface area contributed by atoms with E-state index < -0.39 is 81.3 Å². The smallest absolute Gasteiger partial charge is 0.410 e. The summed E-state index contributed by atoms with van der Waals surface area (Å²) in [6.45, 7) is 16.7. The highest BCUT2D eigenvalue weighted by atomic mass is 32.2. The van der Waals surface area contributed by atoms with E-state index in [0.29, 0.717) is 57.9 Å². The number of pyridine rings is 3. The zero-order valence-electron chi connectivity index (χ0n) is 56.7. The highest BCUT2D eigenvalue weighted by molar-refractivity contribution is 7.85. The van der Waals surface area contributed by atoms with E-state index in [9.17, 15) is 56.4 Å². The Labute approximate surface area is 568 Å². The van der Waals surface area contributed by atoms with Crippen LogP contribution in [-0.4, -0.2) is 191 Å². The highest BCUT2D eigenvalue weighted by Crippen LogP contribution is 2.46. The van der Waals surface area contributed by atoms with Gasteiger partial charge in [-0.25, -0.2) is 19.6 Å². The van der Waals surface area contributed by atoms with Gasteiger partial charge in [-0.05, 0) is 105 Å². The first-order valence-electron chi connectivity index (χ1n) is 32.5. The van der Waals surface area contributed by atoms with Gasteiger partial charge in [0.1, 0.15) is 54.2 Å². The Morgan fingerprint density at radius 3 is 2.21 bits per heavy atom. The van der Waals surface area contributed by atoms with E-state index in [1.165, 1.54) is 30.8 Å². The third kappa shape index (κ3) is 18.4. The van der Waals surface area contributed by atoms with E-state index in [0.717, 1.165) is 34.1 Å². The fraction of sp³-hybridized carbons (Fsp3) is 0.471. The monoisotopic (exact) mass is 1380 g/mol. The van der Waals surface area contributed by atoms with E-state index in [4.69, 9.17) is 28.7 Å². The van der Waals surface area contributed by atoms with E-state index >= 15 is 0 Å². The zero-order chi connectivity index (χ0) is 71.2. The van der Waals surface area contributed by atoms with E-state index in [1.807, 2.05) is 49.7 Å². The molecule has 30 heteroatoms. The number of nitrogens with one attached hydrogen (secondary N) is 5. The lowest BCUT2D eigenvalue weighted by atomic mass is 9.84. The van der Waals surface area contributed by atoms with E-state index in [1.54, 1.807) is 74.0 Å². The molecule has 7 amide bonds. The van der Waals surface area contributed by atoms with Crippen molar-refractivity contribution in [2.24, 2.45) is 5.92 Å². The maximum atomic E-state index is 14.3. The number of benzene rings is 2. The van der Waals surface area contributed by atoms with E-state index in [2.05, 4.69) is 43.0 Å². The fourth-order valence-corrected chi connectivity index (χ4v) is 12.2. The van der Waals surface area contributed by atoms with Crippen molar-refractivity contribution in [1.29, 1.82) is 0 Å². The molecule has 6 heterocycles. The lowest BCUT2D eigenvalue weighted by molar-refractivity contribution is -0.132. The minimum Gasteiger partial charge on any atom is -0.508 e. The summed E-state index contributed by atoms with van der Waals surface area (Å²) >= 11 is 0. The Morgan fingerprint density at radius 1 is 0.827 bits per heavy atom. The molecule has 0 unspecified atom stereocenters. The van der Waals surface area contributed by atoms with Crippen LogP contribution in [0.2, 0.25) is 0 Å². The maximum Gasteiger partial charge on any atom is 0.410 e. The molecule has 0 saturated heterocycles. The van der Waals surface area contributed by atoms with Gasteiger partial charge in [0, 0.05) is 99.1 Å². The molecule has 4 atom stereocenters. The molecule has 98 heavy (non-hydrogen) atoms. The summed E-state index contributed by atoms with van der Waals surface area (Å²) in [6, 6.07) is 15.4. The van der Waals surface area contributed by atoms with Crippen LogP contribution in [0.15, 0.2) is 90.1 Å². The number of carbonyl (C=O) groups excluding carboxylic acids is 7. The zero-order valence-corrected chi connectivity index (χ0v) is 57.5. The van der Waals surface area contributed by atoms with Crippen LogP contribution >= 0.6 is 0 Å². The van der Waals surface area contributed by atoms with Crippen LogP contribution in [0.4, 0.5) is 15.3 Å². The number of aryl methyl sites for hydroxylation is 2. The minimum absolute atomic E-state index is 0.0191. The molecule has 8 rings (SSSR count). The number of ether oxygens (including phenoxy) is 5. The van der Waals surface area contributed by atoms with Gasteiger partial charge in [-0.3, -0.25) is 33.3 Å². The summed E-state index contributed by atoms with van der Waals surface area (Å²) < 4.78 is 65.5. The van der Waals surface area contributed by atoms with Crippen molar-refractivity contribution >= 4 is 79.5 Å². The summed E-state index contributed by atoms with van der Waals surface area (Å²) in [4.78, 5) is 121. The second-order valence-corrected chi connectivity index (χ2v) is 26.1. The Balaban J connectivity index is 0.707. The summed E-state index contributed by atoms with van der Waals surface area (Å²) in [6.07, 6.45) is 0.836. The molecule has 6 aromatic rings. The molecule has 0 saturated carbocycles. The van der Waals surface area contributed by atoms with Gasteiger partial charge in [0.15, 0.2) is 5.60 Å². The van der Waals surface area contributed by atoms with Gasteiger partial charge in [-0.2, -0.15) is 8.42 Å². The van der Waals surface area contributed by atoms with Gasteiger partial charge < -0.3 is 79.2 Å². The standard InChI is InChI=1S/C68H88N12O17S/c1-11-49-50-34-48(81)20-21-54(50)74-60-51(49)37-80-56(60)35-53-52(65(80)87)39-95-43(7)68(53,12-2)97-67(89)78(10)28-27-77(9)66(88)96-38-44-16-18-46(19-17-44)72-62(84)42(6)71-64(86)59(41(4)5)75-58(83)23-29-93-31-32-94-30-25-70-63(85)55(40-98(90,91)92)73-57(82)22-26-79-47(36-76(8)13-3)33-45-15-14-24-69-61(45)79/h14-21,24,33-35,41-42,55,59,81H,7,11-13,22-23,25-32,36-40H2,1-6,8-10H3,(H,70,85)(H,71,86)(H,72,84)(H,73,82)(H,75,83)(H,90,91,92)/t42-,55-,59-,68+/m0/s1. The topological polar surface area (TPSA) is 363 Å². The van der Waals surface area contributed by atoms with Crippen molar-refractivity contribution in [3.05, 3.63) is 129 Å². The van der Waals surface area contributed by atoms with Crippen molar-refractivity contribution in [3.8, 4) is 17.1 Å². The summed E-state index contributed by atoms with van der Waals surface area (Å²) in [5.41, 5.74) is 5.27. The van der Waals surface area contributed by atoms with Crippen molar-refractivity contribution in [2.75, 3.05) is 84.8 Å². The average Bonchev–Trinajstić information content (AvgIpc) is 1.46. The molecule has 0 spiro atoms. The maximum absolute atomic E-state index is 14.3. The van der Waals surface area contributed by atoms with Crippen molar-refractivity contribution < 1.29 is 75.3 Å². The quantitative estimate of drug-likeness (QED) is 0.0209. The molecule has 2 aliphatic rings. The van der Waals surface area contributed by atoms with Crippen LogP contribution in [0.3, 0.4) is 0 Å². The van der Waals surface area contributed by atoms with Crippen molar-refractivity contribution in [1.82, 2.24) is 55.1 Å². The lowest BCUT2D eigenvalue weighted by Crippen LogP contribution is -2.53. The van der Waals surface area contributed by atoms with Crippen molar-refractivity contribution in [2.45, 2.75) is 124 Å². The van der Waals surface area contributed by atoms with Crippen LogP contribution < -0.4 is 32.1 Å². The third-order valence-corrected chi connectivity index (χ3v) is 18.0. The van der Waals surface area contributed by atoms with Crippen LogP contribution in [0.25, 0.3) is 33.3 Å². The molecule has 4 aromatic heterocycles. The number of fused-ring (bicyclic) bond motifs is 6. The second-order valence-electron chi connectivity index (χ2n) is 24.6. The first-order valence-corrected chi connectivity index (χ1v) is 34.1. The number of anilines is 1. The highest BCUT2D eigenvalue weighted by Gasteiger charge is 2.47. The molecular weight excluding hydrogens is 1290 g/mol. The number of nitrogens with zero attached hydrogens (tertiary/aromatic N) is 7. The normalized spacial score (nSPS) is 14.9. The predicted molar refractivity (Wildman–Crippen MR) is 363 cm³/mol. The molecule has 0 radical (unpaired) electrons. The number of hydrogen-bond acceptors (Lipinski definition) is 19. The molecule has 528 valence electrons. The molecule has 0 aliphatic carbocycles. The number of hydrogen-bond donors (Lipinski definition) is 7. The Kier molecular flexibility index (Phi) is 25.2. The Morgan fingerprint density at radius 2 is 1.53 bits per heavy atom. The summed E-state index contributed by atoms with van der Waals surface area (Å²) in [5, 5.41) is 25.0. The molecule has 29 nitrogen and oxygen atoms in total. The van der Waals surface area contributed by atoms with Crippen LogP contribution in [0, 0.1) is 5.92 Å².